The fourth-order valence-corrected chi connectivity index (χ4v) is 4.05. The van der Waals surface area contributed by atoms with Crippen molar-refractivity contribution in [2.75, 3.05) is 26.7 Å². The van der Waals surface area contributed by atoms with Crippen molar-refractivity contribution in [1.29, 1.82) is 0 Å². The minimum absolute atomic E-state index is 0.00755. The molecule has 1 aliphatic heterocycles. The third-order valence-corrected chi connectivity index (χ3v) is 5.28. The number of halogens is 1. The molecule has 1 N–H and O–H groups in total. The van der Waals surface area contributed by atoms with Crippen LogP contribution in [0.1, 0.15) is 34.6 Å². The fraction of sp³-hybridized carbons (Fsp3) is 0.474. The van der Waals surface area contributed by atoms with Gasteiger partial charge in [0.25, 0.3) is 5.91 Å². The highest BCUT2D eigenvalue weighted by Crippen LogP contribution is 2.30. The van der Waals surface area contributed by atoms with Crippen LogP contribution in [0.4, 0.5) is 4.39 Å². The number of carbonyl (C=O) groups excluding carboxylic acids is 1. The highest BCUT2D eigenvalue weighted by Gasteiger charge is 2.33. The molecule has 1 saturated heterocycles. The van der Waals surface area contributed by atoms with Gasteiger partial charge in [-0.15, -0.1) is 0 Å². The van der Waals surface area contributed by atoms with Crippen molar-refractivity contribution in [1.82, 2.24) is 20.0 Å². The van der Waals surface area contributed by atoms with Gasteiger partial charge in [-0.2, -0.15) is 5.10 Å². The molecule has 1 unspecified atom stereocenters. The van der Waals surface area contributed by atoms with Crippen LogP contribution in [0.5, 0.6) is 0 Å². The molecule has 6 heteroatoms. The van der Waals surface area contributed by atoms with Crippen LogP contribution in [0, 0.1) is 11.7 Å². The fourth-order valence-electron chi connectivity index (χ4n) is 4.05. The van der Waals surface area contributed by atoms with E-state index in [1.165, 1.54) is 6.07 Å². The largest absolute Gasteiger partial charge is 0.337 e. The second-order valence-electron chi connectivity index (χ2n) is 6.95. The highest BCUT2D eigenvalue weighted by atomic mass is 19.1. The Morgan fingerprint density at radius 1 is 1.36 bits per heavy atom. The van der Waals surface area contributed by atoms with Crippen molar-refractivity contribution in [3.8, 4) is 5.69 Å². The lowest BCUT2D eigenvalue weighted by Crippen LogP contribution is -2.31. The van der Waals surface area contributed by atoms with E-state index in [9.17, 15) is 9.18 Å². The monoisotopic (exact) mass is 342 g/mol. The van der Waals surface area contributed by atoms with E-state index in [2.05, 4.69) is 10.4 Å². The van der Waals surface area contributed by atoms with Crippen molar-refractivity contribution in [2.45, 2.75) is 25.7 Å². The molecule has 2 aromatic rings. The van der Waals surface area contributed by atoms with Gasteiger partial charge >= 0.3 is 0 Å². The van der Waals surface area contributed by atoms with E-state index in [1.807, 2.05) is 11.9 Å². The minimum Gasteiger partial charge on any atom is -0.337 e. The summed E-state index contributed by atoms with van der Waals surface area (Å²) in [4.78, 5) is 14.9. The summed E-state index contributed by atoms with van der Waals surface area (Å²) in [5, 5.41) is 7.73. The minimum atomic E-state index is -0.311. The Kier molecular flexibility index (Phi) is 4.29. The van der Waals surface area contributed by atoms with Gasteiger partial charge in [0.2, 0.25) is 0 Å². The summed E-state index contributed by atoms with van der Waals surface area (Å²) in [5.74, 6) is 0.177. The maximum Gasteiger partial charge on any atom is 0.274 e. The van der Waals surface area contributed by atoms with Crippen molar-refractivity contribution in [3.63, 3.8) is 0 Å². The average molecular weight is 342 g/mol. The summed E-state index contributed by atoms with van der Waals surface area (Å²) in [7, 11) is 1.94. The molecular formula is C19H23FN4O. The van der Waals surface area contributed by atoms with Crippen LogP contribution >= 0.6 is 0 Å². The number of benzene rings is 1. The molecule has 1 aromatic heterocycles. The first-order chi connectivity index (χ1) is 12.2. The zero-order chi connectivity index (χ0) is 17.4. The van der Waals surface area contributed by atoms with Gasteiger partial charge in [0.1, 0.15) is 11.5 Å². The molecule has 0 radical (unpaired) electrons. The van der Waals surface area contributed by atoms with E-state index >= 15 is 0 Å². The molecular weight excluding hydrogens is 319 g/mol. The predicted molar refractivity (Wildman–Crippen MR) is 93.5 cm³/mol. The zero-order valence-corrected chi connectivity index (χ0v) is 14.5. The SMILES string of the molecule is CNCC1CCN(C(=O)c2nn(-c3ccccc3F)c3c2CCC3)C1. The molecule has 1 amide bonds. The predicted octanol–water partition coefficient (Wildman–Crippen LogP) is 2.18. The summed E-state index contributed by atoms with van der Waals surface area (Å²) in [6.07, 6.45) is 3.69. The highest BCUT2D eigenvalue weighted by molar-refractivity contribution is 5.94. The summed E-state index contributed by atoms with van der Waals surface area (Å²) >= 11 is 0. The van der Waals surface area contributed by atoms with E-state index in [4.69, 9.17) is 0 Å². The number of hydrogen-bond donors (Lipinski definition) is 1. The zero-order valence-electron chi connectivity index (χ0n) is 14.5. The Labute approximate surface area is 146 Å². The molecule has 1 fully saturated rings. The molecule has 0 spiro atoms. The first-order valence-corrected chi connectivity index (χ1v) is 8.98. The van der Waals surface area contributed by atoms with Gasteiger partial charge in [-0.25, -0.2) is 9.07 Å². The number of amides is 1. The Balaban J connectivity index is 1.67. The van der Waals surface area contributed by atoms with Crippen molar-refractivity contribution in [3.05, 3.63) is 47.0 Å². The average Bonchev–Trinajstić information content (AvgIpc) is 3.31. The number of fused-ring (bicyclic) bond motifs is 1. The van der Waals surface area contributed by atoms with E-state index < -0.39 is 0 Å². The number of likely N-dealkylation sites (tertiary alicyclic amines) is 1. The molecule has 1 aliphatic carbocycles. The van der Waals surface area contributed by atoms with Crippen LogP contribution in [0.25, 0.3) is 5.69 Å². The Morgan fingerprint density at radius 3 is 3.00 bits per heavy atom. The summed E-state index contributed by atoms with van der Waals surface area (Å²) in [6.45, 7) is 2.46. The van der Waals surface area contributed by atoms with Gasteiger partial charge in [-0.05, 0) is 57.3 Å². The second-order valence-corrected chi connectivity index (χ2v) is 6.95. The Hall–Kier alpha value is -2.21. The van der Waals surface area contributed by atoms with Crippen LogP contribution in [0.3, 0.4) is 0 Å². The molecule has 4 rings (SSSR count). The van der Waals surface area contributed by atoms with Gasteiger partial charge in [-0.1, -0.05) is 12.1 Å². The Bertz CT molecular complexity index is 801. The first-order valence-electron chi connectivity index (χ1n) is 8.98. The number of para-hydroxylation sites is 1. The van der Waals surface area contributed by atoms with Gasteiger partial charge in [0, 0.05) is 24.3 Å². The molecule has 2 aliphatic rings. The smallest absolute Gasteiger partial charge is 0.274 e. The lowest BCUT2D eigenvalue weighted by atomic mass is 10.1. The van der Waals surface area contributed by atoms with Gasteiger partial charge in [0.05, 0.1) is 0 Å². The molecule has 1 aromatic carbocycles. The van der Waals surface area contributed by atoms with Crippen LogP contribution in [-0.4, -0.2) is 47.3 Å². The number of aromatic nitrogens is 2. The van der Waals surface area contributed by atoms with E-state index in [0.717, 1.165) is 56.6 Å². The molecule has 25 heavy (non-hydrogen) atoms. The summed E-state index contributed by atoms with van der Waals surface area (Å²) in [5.41, 5.74) is 2.93. The molecule has 5 nitrogen and oxygen atoms in total. The quantitative estimate of drug-likeness (QED) is 0.927. The topological polar surface area (TPSA) is 50.2 Å². The second kappa shape index (κ2) is 6.59. The Morgan fingerprint density at radius 2 is 2.20 bits per heavy atom. The van der Waals surface area contributed by atoms with Crippen LogP contribution < -0.4 is 5.32 Å². The van der Waals surface area contributed by atoms with Crippen molar-refractivity contribution >= 4 is 5.91 Å². The number of carbonyl (C=O) groups is 1. The van der Waals surface area contributed by atoms with E-state index in [1.54, 1.807) is 22.9 Å². The number of nitrogens with one attached hydrogen (secondary N) is 1. The third-order valence-electron chi connectivity index (χ3n) is 5.28. The van der Waals surface area contributed by atoms with Crippen LogP contribution in [0.15, 0.2) is 24.3 Å². The molecule has 2 heterocycles. The number of nitrogens with zero attached hydrogens (tertiary/aromatic N) is 3. The third kappa shape index (κ3) is 2.84. The lowest BCUT2D eigenvalue weighted by Gasteiger charge is -2.16. The maximum atomic E-state index is 14.2. The molecule has 132 valence electrons. The summed E-state index contributed by atoms with van der Waals surface area (Å²) in [6, 6.07) is 6.61. The number of rotatable bonds is 4. The van der Waals surface area contributed by atoms with Gasteiger partial charge in [0.15, 0.2) is 5.69 Å². The maximum absolute atomic E-state index is 14.2. The molecule has 1 atom stereocenters. The molecule has 0 saturated carbocycles. The molecule has 0 bridgehead atoms. The lowest BCUT2D eigenvalue weighted by molar-refractivity contribution is 0.0780. The van der Waals surface area contributed by atoms with Gasteiger partial charge in [-0.3, -0.25) is 4.79 Å². The van der Waals surface area contributed by atoms with Crippen LogP contribution in [0.2, 0.25) is 0 Å². The van der Waals surface area contributed by atoms with E-state index in [-0.39, 0.29) is 11.7 Å². The van der Waals surface area contributed by atoms with Crippen LogP contribution in [-0.2, 0) is 12.8 Å². The first kappa shape index (κ1) is 16.3. The summed E-state index contributed by atoms with van der Waals surface area (Å²) < 4.78 is 15.9. The van der Waals surface area contributed by atoms with Crippen molar-refractivity contribution < 1.29 is 9.18 Å². The van der Waals surface area contributed by atoms with E-state index in [0.29, 0.717) is 17.3 Å². The number of hydrogen-bond acceptors (Lipinski definition) is 3. The normalized spacial score (nSPS) is 19.4. The van der Waals surface area contributed by atoms with Crippen molar-refractivity contribution in [2.24, 2.45) is 5.92 Å². The van der Waals surface area contributed by atoms with Gasteiger partial charge < -0.3 is 10.2 Å². The standard InChI is InChI=1S/C19H23FN4O/c1-21-11-13-9-10-23(12-13)19(25)18-14-5-4-8-16(14)24(22-18)17-7-3-2-6-15(17)20/h2-3,6-7,13,21H,4-5,8-12H2,1H3.